The summed E-state index contributed by atoms with van der Waals surface area (Å²) >= 11 is 0. The topological polar surface area (TPSA) is 61.5 Å². The third-order valence-electron chi connectivity index (χ3n) is 3.02. The molecule has 2 rings (SSSR count). The molecule has 0 spiro atoms. The van der Waals surface area contributed by atoms with Gasteiger partial charge in [-0.2, -0.15) is 8.78 Å². The van der Waals surface area contributed by atoms with Gasteiger partial charge < -0.3 is 9.05 Å². The maximum atomic E-state index is 13.6. The lowest BCUT2D eigenvalue weighted by Gasteiger charge is -2.19. The molecule has 0 aliphatic heterocycles. The van der Waals surface area contributed by atoms with E-state index in [1.165, 1.54) is 0 Å². The summed E-state index contributed by atoms with van der Waals surface area (Å²) in [5.74, 6) is -13.3. The lowest BCUT2D eigenvalue weighted by molar-refractivity contribution is 0.325. The van der Waals surface area contributed by atoms with E-state index in [1.807, 2.05) is 0 Å². The molecule has 0 amide bonds. The van der Waals surface area contributed by atoms with Crippen molar-refractivity contribution in [1.29, 1.82) is 0 Å². The van der Waals surface area contributed by atoms with Crippen LogP contribution in [-0.4, -0.2) is 0 Å². The van der Waals surface area contributed by atoms with E-state index in [-0.39, 0.29) is 5.75 Å². The van der Waals surface area contributed by atoms with Crippen LogP contribution in [0.25, 0.3) is 0 Å². The predicted molar refractivity (Wildman–Crippen MR) is 75.2 cm³/mol. The van der Waals surface area contributed by atoms with Crippen LogP contribution in [0.5, 0.6) is 11.5 Å². The molecule has 0 heterocycles. The lowest BCUT2D eigenvalue weighted by Crippen LogP contribution is -2.14. The van der Waals surface area contributed by atoms with Crippen LogP contribution in [0.3, 0.4) is 0 Å². The van der Waals surface area contributed by atoms with Gasteiger partial charge in [0.25, 0.3) is 0 Å². The van der Waals surface area contributed by atoms with Gasteiger partial charge in [-0.3, -0.25) is 0 Å². The molecule has 2 N–H and O–H groups in total. The van der Waals surface area contributed by atoms with Crippen molar-refractivity contribution in [3.05, 3.63) is 58.4 Å². The third kappa shape index (κ3) is 3.37. The minimum atomic E-state index is -4.73. The Kier molecular flexibility index (Phi) is 4.87. The van der Waals surface area contributed by atoms with Gasteiger partial charge in [0.1, 0.15) is 5.75 Å². The Hall–Kier alpha value is -2.12. The van der Waals surface area contributed by atoms with E-state index in [2.05, 4.69) is 4.52 Å². The Bertz CT molecular complexity index is 810. The van der Waals surface area contributed by atoms with Crippen LogP contribution >= 0.6 is 7.75 Å². The molecule has 0 bridgehead atoms. The van der Waals surface area contributed by atoms with Gasteiger partial charge in [-0.15, -0.1) is 0 Å². The average molecular weight is 367 g/mol. The molecule has 0 aliphatic carbocycles. The van der Waals surface area contributed by atoms with Crippen LogP contribution in [0.2, 0.25) is 0 Å². The Morgan fingerprint density at radius 3 is 1.62 bits per heavy atom. The van der Waals surface area contributed by atoms with E-state index in [0.717, 1.165) is 0 Å². The van der Waals surface area contributed by atoms with E-state index in [9.17, 15) is 26.5 Å². The second-order valence-corrected chi connectivity index (χ2v) is 6.29. The van der Waals surface area contributed by atoms with Crippen molar-refractivity contribution in [2.45, 2.75) is 13.8 Å². The molecule has 0 saturated carbocycles. The van der Waals surface area contributed by atoms with Crippen LogP contribution in [0, 0.1) is 42.9 Å². The fourth-order valence-corrected chi connectivity index (χ4v) is 2.88. The van der Waals surface area contributed by atoms with E-state index < -0.39 is 42.6 Å². The Morgan fingerprint density at radius 1 is 0.792 bits per heavy atom. The van der Waals surface area contributed by atoms with Crippen molar-refractivity contribution in [3.63, 3.8) is 0 Å². The van der Waals surface area contributed by atoms with Gasteiger partial charge in [0.15, 0.2) is 0 Å². The molecule has 0 aromatic heterocycles. The molecule has 0 saturated heterocycles. The number of aryl methyl sites for hydroxylation is 2. The smallest absolute Gasteiger partial charge is 0.404 e. The zero-order valence-electron chi connectivity index (χ0n) is 12.4. The fraction of sp³-hybridized carbons (Fsp3) is 0.143. The second kappa shape index (κ2) is 6.41. The Morgan fingerprint density at radius 2 is 1.17 bits per heavy atom. The van der Waals surface area contributed by atoms with Crippen LogP contribution in [0.15, 0.2) is 18.2 Å². The first-order chi connectivity index (χ1) is 11.0. The van der Waals surface area contributed by atoms with Gasteiger partial charge >= 0.3 is 7.75 Å². The SMILES string of the molecule is Cc1cccc(C)c1OP(N)(=O)Oc1c(F)c(F)c(F)c(F)c1F. The molecule has 24 heavy (non-hydrogen) atoms. The van der Waals surface area contributed by atoms with Crippen molar-refractivity contribution < 1.29 is 35.6 Å². The minimum absolute atomic E-state index is 0.00667. The summed E-state index contributed by atoms with van der Waals surface area (Å²) < 4.78 is 87.7. The number of para-hydroxylation sites is 1. The van der Waals surface area contributed by atoms with Crippen molar-refractivity contribution >= 4 is 7.75 Å². The predicted octanol–water partition coefficient (Wildman–Crippen LogP) is 4.52. The van der Waals surface area contributed by atoms with Crippen molar-refractivity contribution in [2.24, 2.45) is 5.50 Å². The number of benzene rings is 2. The maximum Gasteiger partial charge on any atom is 0.510 e. The molecular weight excluding hydrogens is 356 g/mol. The van der Waals surface area contributed by atoms with E-state index in [0.29, 0.717) is 11.1 Å². The summed E-state index contributed by atoms with van der Waals surface area (Å²) in [4.78, 5) is 0. The minimum Gasteiger partial charge on any atom is -0.404 e. The largest absolute Gasteiger partial charge is 0.510 e. The zero-order valence-corrected chi connectivity index (χ0v) is 13.3. The van der Waals surface area contributed by atoms with Crippen LogP contribution in [0.4, 0.5) is 22.0 Å². The highest BCUT2D eigenvalue weighted by molar-refractivity contribution is 7.52. The standard InChI is InChI=1S/C14H11F5NO3P/c1-6-4-3-5-7(2)13(6)22-24(20,21)23-14-11(18)9(16)8(15)10(17)12(14)19/h3-5H,1-2H3,(H2,20,21). The van der Waals surface area contributed by atoms with Gasteiger partial charge in [-0.05, 0) is 25.0 Å². The van der Waals surface area contributed by atoms with Gasteiger partial charge in [0.2, 0.25) is 34.8 Å². The summed E-state index contributed by atoms with van der Waals surface area (Å²) in [6.07, 6.45) is 0. The molecule has 4 nitrogen and oxygen atoms in total. The highest BCUT2D eigenvalue weighted by Crippen LogP contribution is 2.45. The maximum absolute atomic E-state index is 13.6. The highest BCUT2D eigenvalue weighted by Gasteiger charge is 2.33. The first kappa shape index (κ1) is 18.2. The number of rotatable bonds is 4. The highest BCUT2D eigenvalue weighted by atomic mass is 31.2. The monoisotopic (exact) mass is 367 g/mol. The molecule has 1 atom stereocenters. The summed E-state index contributed by atoms with van der Waals surface area (Å²) in [6, 6.07) is 4.80. The van der Waals surface area contributed by atoms with E-state index >= 15 is 0 Å². The Labute approximate surface area is 133 Å². The second-order valence-electron chi connectivity index (χ2n) is 4.84. The van der Waals surface area contributed by atoms with E-state index in [4.69, 9.17) is 10.0 Å². The molecule has 1 unspecified atom stereocenters. The van der Waals surface area contributed by atoms with Crippen LogP contribution in [0.1, 0.15) is 11.1 Å². The molecular formula is C14H11F5NO3P. The first-order valence-electron chi connectivity index (χ1n) is 6.40. The van der Waals surface area contributed by atoms with Crippen molar-refractivity contribution in [2.75, 3.05) is 0 Å². The number of nitrogens with two attached hydrogens (primary N) is 1. The van der Waals surface area contributed by atoms with Gasteiger partial charge in [0.05, 0.1) is 0 Å². The molecule has 0 aliphatic rings. The number of hydrogen-bond donors (Lipinski definition) is 1. The van der Waals surface area contributed by atoms with Crippen molar-refractivity contribution in [3.8, 4) is 11.5 Å². The van der Waals surface area contributed by atoms with Gasteiger partial charge in [-0.25, -0.2) is 23.2 Å². The third-order valence-corrected chi connectivity index (χ3v) is 3.89. The normalized spacial score (nSPS) is 13.5. The van der Waals surface area contributed by atoms with E-state index in [1.54, 1.807) is 32.0 Å². The van der Waals surface area contributed by atoms with Crippen LogP contribution in [-0.2, 0) is 4.57 Å². The van der Waals surface area contributed by atoms with Gasteiger partial charge in [-0.1, -0.05) is 18.2 Å². The molecule has 130 valence electrons. The summed E-state index contributed by atoms with van der Waals surface area (Å²) in [5.41, 5.74) is 6.18. The molecule has 2 aromatic carbocycles. The van der Waals surface area contributed by atoms with Gasteiger partial charge in [0, 0.05) is 0 Å². The number of halogens is 5. The summed E-state index contributed by atoms with van der Waals surface area (Å²) in [5, 5.41) is 0. The summed E-state index contributed by atoms with van der Waals surface area (Å²) in [6.45, 7) is 3.14. The molecule has 0 fully saturated rings. The summed E-state index contributed by atoms with van der Waals surface area (Å²) in [7, 11) is -4.73. The zero-order chi connectivity index (χ0) is 18.2. The first-order valence-corrected chi connectivity index (χ1v) is 8.01. The Balaban J connectivity index is 2.42. The molecule has 10 heteroatoms. The molecule has 2 aromatic rings. The van der Waals surface area contributed by atoms with Crippen LogP contribution < -0.4 is 14.6 Å². The lowest BCUT2D eigenvalue weighted by atomic mass is 10.1. The number of hydrogen-bond acceptors (Lipinski definition) is 3. The molecule has 0 radical (unpaired) electrons. The van der Waals surface area contributed by atoms with Crippen molar-refractivity contribution in [1.82, 2.24) is 0 Å². The fourth-order valence-electron chi connectivity index (χ4n) is 1.88. The quantitative estimate of drug-likeness (QED) is 0.374. The average Bonchev–Trinajstić information content (AvgIpc) is 2.51.